The van der Waals surface area contributed by atoms with E-state index in [4.69, 9.17) is 4.74 Å². The molecule has 3 aromatic carbocycles. The Bertz CT molecular complexity index is 770. The van der Waals surface area contributed by atoms with Crippen molar-refractivity contribution in [3.63, 3.8) is 0 Å². The van der Waals surface area contributed by atoms with Gasteiger partial charge in [-0.05, 0) is 37.1 Å². The Hall–Kier alpha value is -2.58. The van der Waals surface area contributed by atoms with Crippen LogP contribution in [-0.4, -0.2) is 15.4 Å². The lowest BCUT2D eigenvalue weighted by atomic mass is 10.1. The first-order valence-corrected chi connectivity index (χ1v) is 11.2. The zero-order valence-corrected chi connectivity index (χ0v) is 16.6. The number of ether oxygens (including phenoxy) is 1. The molecule has 1 nitrogen and oxygen atoms in total. The van der Waals surface area contributed by atoms with Gasteiger partial charge in [0.05, 0.1) is 6.61 Å². The van der Waals surface area contributed by atoms with Crippen LogP contribution in [0.4, 0.5) is 0 Å². The highest BCUT2D eigenvalue weighted by Crippen LogP contribution is 2.17. The predicted molar refractivity (Wildman–Crippen MR) is 115 cm³/mol. The average Bonchev–Trinajstić information content (AvgIpc) is 2.70. The Morgan fingerprint density at radius 1 is 0.808 bits per heavy atom. The van der Waals surface area contributed by atoms with Crippen LogP contribution in [-0.2, 0) is 0 Å². The third kappa shape index (κ3) is 4.96. The van der Waals surface area contributed by atoms with Gasteiger partial charge in [-0.15, -0.1) is 0 Å². The van der Waals surface area contributed by atoms with Crippen LogP contribution < -0.4 is 15.1 Å². The molecule has 0 saturated carbocycles. The summed E-state index contributed by atoms with van der Waals surface area (Å²) in [7, 11) is -1.19. The molecule has 0 heterocycles. The second-order valence-corrected chi connectivity index (χ2v) is 9.69. The molecule has 0 aliphatic heterocycles. The summed E-state index contributed by atoms with van der Waals surface area (Å²) < 4.78 is 5.96. The van der Waals surface area contributed by atoms with Crippen molar-refractivity contribution in [2.45, 2.75) is 19.4 Å². The minimum Gasteiger partial charge on any atom is -0.494 e. The van der Waals surface area contributed by atoms with Crippen molar-refractivity contribution in [1.29, 1.82) is 0 Å². The van der Waals surface area contributed by atoms with Crippen LogP contribution in [0.1, 0.15) is 18.9 Å². The van der Waals surface area contributed by atoms with Crippen molar-refractivity contribution in [2.24, 2.45) is 0 Å². The summed E-state index contributed by atoms with van der Waals surface area (Å²) in [5, 5.41) is 3.01. The van der Waals surface area contributed by atoms with Crippen molar-refractivity contribution >= 4 is 24.7 Å². The maximum absolute atomic E-state index is 5.96. The Kier molecular flexibility index (Phi) is 6.45. The Morgan fingerprint density at radius 3 is 1.85 bits per heavy atom. The average molecular weight is 359 g/mol. The molecule has 0 aromatic heterocycles. The first-order chi connectivity index (χ1) is 12.7. The molecule has 0 saturated heterocycles. The van der Waals surface area contributed by atoms with Gasteiger partial charge in [-0.2, -0.15) is 0 Å². The van der Waals surface area contributed by atoms with Crippen molar-refractivity contribution in [3.05, 3.63) is 97.1 Å². The molecule has 0 N–H and O–H groups in total. The summed E-state index contributed by atoms with van der Waals surface area (Å²) in [4.78, 5) is 0. The van der Waals surface area contributed by atoms with Crippen molar-refractivity contribution in [2.75, 3.05) is 6.61 Å². The summed E-state index contributed by atoms with van der Waals surface area (Å²) in [5.41, 5.74) is 2.24. The van der Waals surface area contributed by atoms with Crippen LogP contribution in [0.15, 0.2) is 91.5 Å². The van der Waals surface area contributed by atoms with Crippen molar-refractivity contribution in [3.8, 4) is 5.75 Å². The van der Waals surface area contributed by atoms with Crippen molar-refractivity contribution < 1.29 is 4.74 Å². The van der Waals surface area contributed by atoms with E-state index in [1.165, 1.54) is 16.4 Å². The Balaban J connectivity index is 1.59. The van der Waals surface area contributed by atoms with Crippen LogP contribution >= 0.6 is 0 Å². The minimum absolute atomic E-state index is 0.760. The molecule has 132 valence electrons. The van der Waals surface area contributed by atoms with Gasteiger partial charge in [-0.25, -0.2) is 0 Å². The maximum atomic E-state index is 5.96. The lowest BCUT2D eigenvalue weighted by Gasteiger charge is -2.16. The molecule has 26 heavy (non-hydrogen) atoms. The first-order valence-electron chi connectivity index (χ1n) is 9.22. The second kappa shape index (κ2) is 9.21. The van der Waals surface area contributed by atoms with Crippen LogP contribution in [0, 0.1) is 0 Å². The molecule has 0 atom stereocenters. The van der Waals surface area contributed by atoms with Gasteiger partial charge in [0, 0.05) is 0 Å². The monoisotopic (exact) mass is 358 g/mol. The molecular weight excluding hydrogens is 332 g/mol. The predicted octanol–water partition coefficient (Wildman–Crippen LogP) is 4.53. The van der Waals surface area contributed by atoms with Crippen LogP contribution in [0.25, 0.3) is 5.57 Å². The van der Waals surface area contributed by atoms with Crippen LogP contribution in [0.2, 0.25) is 6.04 Å². The van der Waals surface area contributed by atoms with Gasteiger partial charge >= 0.3 is 0 Å². The number of rotatable bonds is 8. The van der Waals surface area contributed by atoms with Gasteiger partial charge in [0.2, 0.25) is 0 Å². The molecule has 3 rings (SSSR count). The van der Waals surface area contributed by atoms with Gasteiger partial charge in [0.25, 0.3) is 0 Å². The van der Waals surface area contributed by atoms with Gasteiger partial charge in [-0.1, -0.05) is 95.3 Å². The van der Waals surface area contributed by atoms with E-state index in [-0.39, 0.29) is 0 Å². The third-order valence-electron chi connectivity index (χ3n) is 4.66. The summed E-state index contributed by atoms with van der Waals surface area (Å²) in [6, 6.07) is 31.3. The highest BCUT2D eigenvalue weighted by Gasteiger charge is 2.15. The minimum atomic E-state index is -1.19. The van der Waals surface area contributed by atoms with Gasteiger partial charge < -0.3 is 4.74 Å². The standard InChI is InChI=1S/C24H26OSi/c1-20(2)21-14-16-22(17-15-21)25-18-9-19-26(23-10-5-3-6-11-23)24-12-7-4-8-13-24/h3-8,10-17,26H,1,9,18-19H2,2H3. The molecule has 3 aromatic rings. The summed E-state index contributed by atoms with van der Waals surface area (Å²) in [5.74, 6) is 0.938. The van der Waals surface area contributed by atoms with Crippen LogP contribution in [0.3, 0.4) is 0 Å². The number of hydrogen-bond acceptors (Lipinski definition) is 1. The SMILES string of the molecule is C=C(C)c1ccc(OCCC[SiH](c2ccccc2)c2ccccc2)cc1. The molecule has 0 fully saturated rings. The normalized spacial score (nSPS) is 10.7. The lowest BCUT2D eigenvalue weighted by Crippen LogP contribution is -2.42. The zero-order valence-electron chi connectivity index (χ0n) is 15.4. The van der Waals surface area contributed by atoms with E-state index in [0.717, 1.165) is 29.9 Å². The lowest BCUT2D eigenvalue weighted by molar-refractivity contribution is 0.317. The third-order valence-corrected chi connectivity index (χ3v) is 8.02. The van der Waals surface area contributed by atoms with E-state index < -0.39 is 8.80 Å². The molecule has 0 aliphatic carbocycles. The topological polar surface area (TPSA) is 9.23 Å². The fraction of sp³-hybridized carbons (Fsp3) is 0.167. The number of hydrogen-bond donors (Lipinski definition) is 0. The highest BCUT2D eigenvalue weighted by atomic mass is 28.3. The molecule has 0 spiro atoms. The fourth-order valence-electron chi connectivity index (χ4n) is 3.21. The van der Waals surface area contributed by atoms with Gasteiger partial charge in [0.15, 0.2) is 0 Å². The summed E-state index contributed by atoms with van der Waals surface area (Å²) in [6.45, 7) is 6.75. The summed E-state index contributed by atoms with van der Waals surface area (Å²) in [6.07, 6.45) is 1.07. The largest absolute Gasteiger partial charge is 0.494 e. The number of benzene rings is 3. The van der Waals surface area contributed by atoms with E-state index in [1.54, 1.807) is 0 Å². The Morgan fingerprint density at radius 2 is 1.35 bits per heavy atom. The quantitative estimate of drug-likeness (QED) is 0.425. The zero-order chi connectivity index (χ0) is 18.2. The molecule has 0 amide bonds. The maximum Gasteiger partial charge on any atom is 0.119 e. The van der Waals surface area contributed by atoms with Crippen LogP contribution in [0.5, 0.6) is 5.75 Å². The number of allylic oxidation sites excluding steroid dienone is 1. The van der Waals surface area contributed by atoms with Gasteiger partial charge in [0.1, 0.15) is 14.5 Å². The molecule has 0 unspecified atom stereocenters. The van der Waals surface area contributed by atoms with Gasteiger partial charge in [-0.3, -0.25) is 0 Å². The Labute approximate surface area is 158 Å². The van der Waals surface area contributed by atoms with E-state index >= 15 is 0 Å². The summed E-state index contributed by atoms with van der Waals surface area (Å²) >= 11 is 0. The molecule has 2 heteroatoms. The first kappa shape index (κ1) is 18.2. The van der Waals surface area contributed by atoms with E-state index in [0.29, 0.717) is 0 Å². The smallest absolute Gasteiger partial charge is 0.119 e. The van der Waals surface area contributed by atoms with E-state index in [2.05, 4.69) is 79.4 Å². The molecule has 0 aliphatic rings. The molecule has 0 bridgehead atoms. The van der Waals surface area contributed by atoms with E-state index in [1.807, 2.05) is 19.1 Å². The highest BCUT2D eigenvalue weighted by molar-refractivity contribution is 6.85. The van der Waals surface area contributed by atoms with E-state index in [9.17, 15) is 0 Å². The fourth-order valence-corrected chi connectivity index (χ4v) is 6.21. The molecule has 0 radical (unpaired) electrons. The van der Waals surface area contributed by atoms with Crippen molar-refractivity contribution in [1.82, 2.24) is 0 Å². The molecular formula is C24H26OSi. The second-order valence-electron chi connectivity index (χ2n) is 6.67.